The number of carbonyl (C=O) groups excluding carboxylic acids is 1. The molecule has 28 heavy (non-hydrogen) atoms. The van der Waals surface area contributed by atoms with Crippen molar-refractivity contribution in [3.8, 4) is 6.07 Å². The summed E-state index contributed by atoms with van der Waals surface area (Å²) in [5.41, 5.74) is 0.696. The van der Waals surface area contributed by atoms with E-state index in [1.165, 1.54) is 5.56 Å². The standard InChI is InChI=1S/C21H28N6O/c1-25-11-13-27(14-12-25)20-23-19(28)18(15-22)21(24-20)7-9-26(10-8-21)16-17-5-3-2-4-6-17/h2-6,18H,7-14,16H2,1H3,(H,23,24,28). The van der Waals surface area contributed by atoms with Gasteiger partial charge in [-0.25, -0.2) is 4.99 Å². The van der Waals surface area contributed by atoms with Crippen LogP contribution >= 0.6 is 0 Å². The van der Waals surface area contributed by atoms with Crippen molar-refractivity contribution < 1.29 is 4.79 Å². The molecule has 1 spiro atoms. The third-order valence-electron chi connectivity index (χ3n) is 6.27. The smallest absolute Gasteiger partial charge is 0.246 e. The van der Waals surface area contributed by atoms with Crippen molar-refractivity contribution >= 4 is 11.9 Å². The van der Waals surface area contributed by atoms with E-state index in [1.54, 1.807) is 0 Å². The summed E-state index contributed by atoms with van der Waals surface area (Å²) in [6, 6.07) is 12.7. The first-order valence-corrected chi connectivity index (χ1v) is 10.1. The minimum absolute atomic E-state index is 0.192. The van der Waals surface area contributed by atoms with E-state index in [1.807, 2.05) is 6.07 Å². The van der Waals surface area contributed by atoms with Gasteiger partial charge in [-0.1, -0.05) is 30.3 Å². The van der Waals surface area contributed by atoms with E-state index in [9.17, 15) is 10.1 Å². The monoisotopic (exact) mass is 380 g/mol. The zero-order valence-electron chi connectivity index (χ0n) is 16.5. The van der Waals surface area contributed by atoms with Gasteiger partial charge in [0.05, 0.1) is 11.6 Å². The number of likely N-dealkylation sites (tertiary alicyclic amines) is 1. The zero-order chi connectivity index (χ0) is 19.6. The highest BCUT2D eigenvalue weighted by molar-refractivity contribution is 6.02. The Labute approximate surface area is 166 Å². The predicted octanol–water partition coefficient (Wildman–Crippen LogP) is 0.894. The maximum Gasteiger partial charge on any atom is 0.246 e. The van der Waals surface area contributed by atoms with Gasteiger partial charge in [0.15, 0.2) is 5.92 Å². The quantitative estimate of drug-likeness (QED) is 0.825. The summed E-state index contributed by atoms with van der Waals surface area (Å²) in [7, 11) is 2.11. The molecule has 1 aromatic rings. The lowest BCUT2D eigenvalue weighted by molar-refractivity contribution is -0.125. The van der Waals surface area contributed by atoms with E-state index in [-0.39, 0.29) is 5.91 Å². The minimum Gasteiger partial charge on any atom is -0.340 e. The van der Waals surface area contributed by atoms with Crippen molar-refractivity contribution in [3.05, 3.63) is 35.9 Å². The number of piperidine rings is 1. The third kappa shape index (κ3) is 3.75. The molecule has 3 aliphatic heterocycles. The number of benzene rings is 1. The van der Waals surface area contributed by atoms with Crippen LogP contribution in [0.25, 0.3) is 0 Å². The Bertz CT molecular complexity index is 770. The first-order chi connectivity index (χ1) is 13.6. The number of carbonyl (C=O) groups is 1. The molecule has 0 aliphatic carbocycles. The van der Waals surface area contributed by atoms with Crippen molar-refractivity contribution in [2.24, 2.45) is 10.9 Å². The van der Waals surface area contributed by atoms with Crippen molar-refractivity contribution in [3.63, 3.8) is 0 Å². The second-order valence-corrected chi connectivity index (χ2v) is 8.14. The Kier molecular flexibility index (Phi) is 5.33. The first kappa shape index (κ1) is 18.9. The Morgan fingerprint density at radius 1 is 1.14 bits per heavy atom. The number of guanidine groups is 1. The fourth-order valence-electron chi connectivity index (χ4n) is 4.42. The maximum absolute atomic E-state index is 12.7. The highest BCUT2D eigenvalue weighted by Crippen LogP contribution is 2.37. The van der Waals surface area contributed by atoms with E-state index >= 15 is 0 Å². The largest absolute Gasteiger partial charge is 0.340 e. The van der Waals surface area contributed by atoms with Crippen LogP contribution in [-0.4, -0.2) is 78.4 Å². The highest BCUT2D eigenvalue weighted by Gasteiger charge is 2.49. The molecule has 4 rings (SSSR count). The normalized spacial score (nSPS) is 25.9. The van der Waals surface area contributed by atoms with Gasteiger partial charge >= 0.3 is 0 Å². The molecule has 1 atom stereocenters. The average molecular weight is 380 g/mol. The Morgan fingerprint density at radius 3 is 2.46 bits per heavy atom. The van der Waals surface area contributed by atoms with Crippen molar-refractivity contribution in [2.75, 3.05) is 46.3 Å². The lowest BCUT2D eigenvalue weighted by Gasteiger charge is -2.45. The summed E-state index contributed by atoms with van der Waals surface area (Å²) in [6.07, 6.45) is 1.48. The highest BCUT2D eigenvalue weighted by atomic mass is 16.2. The molecule has 3 heterocycles. The molecule has 1 amide bonds. The number of aliphatic imine (C=N–C) groups is 1. The number of piperazine rings is 1. The molecule has 0 radical (unpaired) electrons. The molecule has 7 heteroatoms. The molecule has 7 nitrogen and oxygen atoms in total. The molecule has 1 unspecified atom stereocenters. The van der Waals surface area contributed by atoms with Crippen LogP contribution in [0, 0.1) is 17.2 Å². The van der Waals surface area contributed by atoms with Crippen molar-refractivity contribution in [2.45, 2.75) is 24.9 Å². The fraction of sp³-hybridized carbons (Fsp3) is 0.571. The van der Waals surface area contributed by atoms with E-state index in [2.05, 4.69) is 57.4 Å². The number of nitriles is 1. The van der Waals surface area contributed by atoms with Crippen molar-refractivity contribution in [1.82, 2.24) is 20.0 Å². The second-order valence-electron chi connectivity index (χ2n) is 8.14. The summed E-state index contributed by atoms with van der Waals surface area (Å²) in [6.45, 7) is 6.20. The summed E-state index contributed by atoms with van der Waals surface area (Å²) in [5, 5.41) is 12.6. The number of nitrogens with zero attached hydrogens (tertiary/aromatic N) is 5. The van der Waals surface area contributed by atoms with Crippen LogP contribution in [0.1, 0.15) is 18.4 Å². The molecule has 1 N–H and O–H groups in total. The first-order valence-electron chi connectivity index (χ1n) is 10.1. The lowest BCUT2D eigenvalue weighted by Crippen LogP contribution is -2.61. The number of hydrogen-bond donors (Lipinski definition) is 1. The van der Waals surface area contributed by atoms with Gasteiger partial charge in [-0.2, -0.15) is 5.26 Å². The number of rotatable bonds is 2. The summed E-state index contributed by atoms with van der Waals surface area (Å²) in [4.78, 5) is 24.6. The van der Waals surface area contributed by atoms with E-state index in [0.717, 1.165) is 58.7 Å². The zero-order valence-corrected chi connectivity index (χ0v) is 16.5. The minimum atomic E-state index is -0.706. The summed E-state index contributed by atoms with van der Waals surface area (Å²) in [5.74, 6) is -0.230. The Balaban J connectivity index is 1.50. The summed E-state index contributed by atoms with van der Waals surface area (Å²) >= 11 is 0. The molecule has 2 saturated heterocycles. The van der Waals surface area contributed by atoms with Gasteiger partial charge in [-0.05, 0) is 25.5 Å². The van der Waals surface area contributed by atoms with E-state index < -0.39 is 11.5 Å². The summed E-state index contributed by atoms with van der Waals surface area (Å²) < 4.78 is 0. The number of nitrogens with one attached hydrogen (secondary N) is 1. The van der Waals surface area contributed by atoms with Crippen LogP contribution < -0.4 is 5.32 Å². The van der Waals surface area contributed by atoms with Gasteiger partial charge < -0.3 is 9.80 Å². The van der Waals surface area contributed by atoms with Crippen molar-refractivity contribution in [1.29, 1.82) is 5.26 Å². The SMILES string of the molecule is CN1CCN(C2=NC3(CCN(Cc4ccccc4)CC3)C(C#N)C(=O)N2)CC1. The van der Waals surface area contributed by atoms with Gasteiger partial charge in [0.25, 0.3) is 0 Å². The van der Waals surface area contributed by atoms with Gasteiger partial charge in [-0.3, -0.25) is 15.0 Å². The number of likely N-dealkylation sites (N-methyl/N-ethyl adjacent to an activating group) is 1. The molecule has 0 aromatic heterocycles. The third-order valence-corrected chi connectivity index (χ3v) is 6.27. The fourth-order valence-corrected chi connectivity index (χ4v) is 4.42. The van der Waals surface area contributed by atoms with Gasteiger partial charge in [0.1, 0.15) is 0 Å². The van der Waals surface area contributed by atoms with Crippen LogP contribution in [0.15, 0.2) is 35.3 Å². The number of amides is 1. The van der Waals surface area contributed by atoms with Crippen LogP contribution in [0.4, 0.5) is 0 Å². The van der Waals surface area contributed by atoms with Crippen LogP contribution in [-0.2, 0) is 11.3 Å². The molecule has 0 saturated carbocycles. The average Bonchev–Trinajstić information content (AvgIpc) is 2.71. The van der Waals surface area contributed by atoms with E-state index in [4.69, 9.17) is 4.99 Å². The molecule has 2 fully saturated rings. The number of hydrogen-bond acceptors (Lipinski definition) is 6. The molecular weight excluding hydrogens is 352 g/mol. The van der Waals surface area contributed by atoms with Crippen LogP contribution in [0.5, 0.6) is 0 Å². The predicted molar refractivity (Wildman–Crippen MR) is 107 cm³/mol. The Morgan fingerprint density at radius 2 is 1.82 bits per heavy atom. The lowest BCUT2D eigenvalue weighted by atomic mass is 9.76. The van der Waals surface area contributed by atoms with Crippen LogP contribution in [0.3, 0.4) is 0 Å². The Hall–Kier alpha value is -2.43. The molecule has 1 aromatic carbocycles. The topological polar surface area (TPSA) is 75.0 Å². The molecule has 3 aliphatic rings. The van der Waals surface area contributed by atoms with E-state index in [0.29, 0.717) is 5.96 Å². The van der Waals surface area contributed by atoms with Gasteiger partial charge in [0.2, 0.25) is 11.9 Å². The second kappa shape index (κ2) is 7.90. The molecule has 148 valence electrons. The molecular formula is C21H28N6O. The van der Waals surface area contributed by atoms with Gasteiger partial charge in [-0.15, -0.1) is 0 Å². The van der Waals surface area contributed by atoms with Gasteiger partial charge in [0, 0.05) is 45.8 Å². The maximum atomic E-state index is 12.7. The van der Waals surface area contributed by atoms with Crippen LogP contribution in [0.2, 0.25) is 0 Å². The molecule has 0 bridgehead atoms.